The van der Waals surface area contributed by atoms with Gasteiger partial charge in [-0.2, -0.15) is 0 Å². The van der Waals surface area contributed by atoms with E-state index >= 15 is 0 Å². The summed E-state index contributed by atoms with van der Waals surface area (Å²) in [6.45, 7) is -0.275. The van der Waals surface area contributed by atoms with Crippen molar-refractivity contribution in [1.29, 1.82) is 0 Å². The van der Waals surface area contributed by atoms with Crippen LogP contribution in [0.15, 0.2) is 18.2 Å². The summed E-state index contributed by atoms with van der Waals surface area (Å²) < 4.78 is 13.3. The van der Waals surface area contributed by atoms with Gasteiger partial charge >= 0.3 is 0 Å². The van der Waals surface area contributed by atoms with Crippen LogP contribution in [-0.2, 0) is 6.54 Å². The average Bonchev–Trinajstić information content (AvgIpc) is 2.26. The Morgan fingerprint density at radius 2 is 2.00 bits per heavy atom. The molecule has 0 aliphatic carbocycles. The highest BCUT2D eigenvalue weighted by Gasteiger charge is 2.07. The number of anilines is 1. The number of hydrogen-bond acceptors (Lipinski definition) is 4. The van der Waals surface area contributed by atoms with Gasteiger partial charge in [0.05, 0.1) is 19.3 Å². The first-order valence-corrected chi connectivity index (χ1v) is 4.68. The van der Waals surface area contributed by atoms with Crippen molar-refractivity contribution in [2.75, 3.05) is 18.5 Å². The molecule has 0 spiro atoms. The van der Waals surface area contributed by atoms with E-state index in [2.05, 4.69) is 5.32 Å². The molecule has 84 valence electrons. The molecule has 0 aliphatic heterocycles. The van der Waals surface area contributed by atoms with E-state index in [1.165, 1.54) is 6.07 Å². The summed E-state index contributed by atoms with van der Waals surface area (Å²) in [7, 11) is 0. The van der Waals surface area contributed by atoms with Crippen LogP contribution in [0.5, 0.6) is 0 Å². The highest BCUT2D eigenvalue weighted by Crippen LogP contribution is 2.14. The molecule has 0 saturated heterocycles. The van der Waals surface area contributed by atoms with Gasteiger partial charge in [0.1, 0.15) is 5.82 Å². The fourth-order valence-corrected chi connectivity index (χ4v) is 1.19. The van der Waals surface area contributed by atoms with E-state index in [1.54, 1.807) is 12.1 Å². The lowest BCUT2D eigenvalue weighted by Crippen LogP contribution is -2.27. The second-order valence-corrected chi connectivity index (χ2v) is 3.22. The van der Waals surface area contributed by atoms with Gasteiger partial charge in [-0.25, -0.2) is 4.39 Å². The van der Waals surface area contributed by atoms with E-state index in [0.717, 1.165) is 0 Å². The molecule has 0 heterocycles. The quantitative estimate of drug-likeness (QED) is 0.558. The summed E-state index contributed by atoms with van der Waals surface area (Å²) in [5.74, 6) is -0.392. The third kappa shape index (κ3) is 3.16. The molecule has 0 radical (unpaired) electrons. The van der Waals surface area contributed by atoms with E-state index in [0.29, 0.717) is 11.3 Å². The molecule has 1 aromatic rings. The molecule has 5 heteroatoms. The van der Waals surface area contributed by atoms with Crippen LogP contribution in [0.4, 0.5) is 10.1 Å². The smallest absolute Gasteiger partial charge is 0.129 e. The van der Waals surface area contributed by atoms with Crippen LogP contribution in [0.3, 0.4) is 0 Å². The molecule has 0 bridgehead atoms. The van der Waals surface area contributed by atoms with Gasteiger partial charge in [0.25, 0.3) is 0 Å². The van der Waals surface area contributed by atoms with Gasteiger partial charge in [0, 0.05) is 17.8 Å². The molecule has 0 aliphatic rings. The van der Waals surface area contributed by atoms with Crippen molar-refractivity contribution >= 4 is 5.69 Å². The van der Waals surface area contributed by atoms with Crippen LogP contribution < -0.4 is 11.1 Å². The second-order valence-electron chi connectivity index (χ2n) is 3.22. The number of aliphatic hydroxyl groups excluding tert-OH is 2. The van der Waals surface area contributed by atoms with E-state index in [-0.39, 0.29) is 19.8 Å². The molecular formula is C10H15FN2O2. The van der Waals surface area contributed by atoms with Crippen LogP contribution in [0.1, 0.15) is 5.56 Å². The van der Waals surface area contributed by atoms with E-state index in [9.17, 15) is 4.39 Å². The zero-order valence-corrected chi connectivity index (χ0v) is 8.28. The lowest BCUT2D eigenvalue weighted by molar-refractivity contribution is 0.204. The van der Waals surface area contributed by atoms with Crippen molar-refractivity contribution < 1.29 is 14.6 Å². The van der Waals surface area contributed by atoms with Crippen molar-refractivity contribution in [3.05, 3.63) is 29.6 Å². The Balaban J connectivity index is 2.74. The van der Waals surface area contributed by atoms with Crippen molar-refractivity contribution in [2.45, 2.75) is 12.6 Å². The lowest BCUT2D eigenvalue weighted by Gasteiger charge is -2.15. The van der Waals surface area contributed by atoms with Gasteiger partial charge in [0.15, 0.2) is 0 Å². The predicted octanol–water partition coefficient (Wildman–Crippen LogP) is 0.0495. The minimum atomic E-state index is -0.479. The maximum absolute atomic E-state index is 13.3. The molecular weight excluding hydrogens is 199 g/mol. The van der Waals surface area contributed by atoms with Crippen molar-refractivity contribution in [2.24, 2.45) is 5.73 Å². The van der Waals surface area contributed by atoms with Crippen LogP contribution in [0.25, 0.3) is 0 Å². The summed E-state index contributed by atoms with van der Waals surface area (Å²) in [5, 5.41) is 20.4. The summed E-state index contributed by atoms with van der Waals surface area (Å²) in [4.78, 5) is 0. The Labute approximate surface area is 87.5 Å². The number of halogens is 1. The molecule has 15 heavy (non-hydrogen) atoms. The molecule has 0 amide bonds. The Morgan fingerprint density at radius 1 is 1.33 bits per heavy atom. The van der Waals surface area contributed by atoms with E-state index < -0.39 is 11.9 Å². The molecule has 0 atom stereocenters. The number of nitrogens with two attached hydrogens (primary N) is 1. The van der Waals surface area contributed by atoms with Gasteiger partial charge < -0.3 is 21.3 Å². The van der Waals surface area contributed by atoms with Crippen LogP contribution in [0, 0.1) is 5.82 Å². The summed E-state index contributed by atoms with van der Waals surface area (Å²) >= 11 is 0. The molecule has 0 saturated carbocycles. The Kier molecular flexibility index (Phi) is 4.48. The topological polar surface area (TPSA) is 78.5 Å². The maximum Gasteiger partial charge on any atom is 0.129 e. The molecule has 0 aromatic heterocycles. The Morgan fingerprint density at radius 3 is 2.47 bits per heavy atom. The second kappa shape index (κ2) is 5.65. The molecule has 4 nitrogen and oxygen atoms in total. The van der Waals surface area contributed by atoms with Gasteiger partial charge in [-0.3, -0.25) is 0 Å². The minimum Gasteiger partial charge on any atom is -0.394 e. The zero-order chi connectivity index (χ0) is 11.3. The monoisotopic (exact) mass is 214 g/mol. The third-order valence-corrected chi connectivity index (χ3v) is 2.08. The first-order chi connectivity index (χ1) is 7.21. The largest absolute Gasteiger partial charge is 0.394 e. The maximum atomic E-state index is 13.3. The standard InChI is InChI=1S/C10H15FN2O2/c11-10-3-8(2-1-7(10)4-12)13-9(5-14)6-15/h1-3,9,13-15H,4-6,12H2. The summed E-state index contributed by atoms with van der Waals surface area (Å²) in [6.07, 6.45) is 0. The number of aliphatic hydroxyl groups is 2. The highest BCUT2D eigenvalue weighted by molar-refractivity contribution is 5.46. The Bertz CT molecular complexity index is 316. The lowest BCUT2D eigenvalue weighted by atomic mass is 10.2. The number of rotatable bonds is 5. The van der Waals surface area contributed by atoms with Gasteiger partial charge in [-0.1, -0.05) is 6.07 Å². The number of nitrogens with one attached hydrogen (secondary N) is 1. The van der Waals surface area contributed by atoms with E-state index in [1.807, 2.05) is 0 Å². The molecule has 0 fully saturated rings. The Hall–Kier alpha value is -1.17. The predicted molar refractivity (Wildman–Crippen MR) is 55.9 cm³/mol. The SMILES string of the molecule is NCc1ccc(NC(CO)CO)cc1F. The number of hydrogen-bond donors (Lipinski definition) is 4. The van der Waals surface area contributed by atoms with Crippen LogP contribution in [0.2, 0.25) is 0 Å². The highest BCUT2D eigenvalue weighted by atomic mass is 19.1. The van der Waals surface area contributed by atoms with Crippen molar-refractivity contribution in [3.8, 4) is 0 Å². The average molecular weight is 214 g/mol. The molecule has 0 unspecified atom stereocenters. The summed E-state index contributed by atoms with van der Waals surface area (Å²) in [6, 6.07) is 4.04. The molecule has 5 N–H and O–H groups in total. The first kappa shape index (κ1) is 11.9. The third-order valence-electron chi connectivity index (χ3n) is 2.08. The summed E-state index contributed by atoms with van der Waals surface area (Å²) in [5.41, 5.74) is 6.26. The fourth-order valence-electron chi connectivity index (χ4n) is 1.19. The molecule has 1 aromatic carbocycles. The zero-order valence-electron chi connectivity index (χ0n) is 8.28. The van der Waals surface area contributed by atoms with Crippen LogP contribution >= 0.6 is 0 Å². The van der Waals surface area contributed by atoms with Gasteiger partial charge in [-0.15, -0.1) is 0 Å². The van der Waals surface area contributed by atoms with Crippen LogP contribution in [-0.4, -0.2) is 29.5 Å². The van der Waals surface area contributed by atoms with Gasteiger partial charge in [0.2, 0.25) is 0 Å². The number of benzene rings is 1. The minimum absolute atomic E-state index is 0.148. The molecule has 1 rings (SSSR count). The first-order valence-electron chi connectivity index (χ1n) is 4.68. The van der Waals surface area contributed by atoms with Crippen molar-refractivity contribution in [3.63, 3.8) is 0 Å². The van der Waals surface area contributed by atoms with Gasteiger partial charge in [-0.05, 0) is 12.1 Å². The fraction of sp³-hybridized carbons (Fsp3) is 0.400. The van der Waals surface area contributed by atoms with E-state index in [4.69, 9.17) is 15.9 Å². The normalized spacial score (nSPS) is 10.7. The van der Waals surface area contributed by atoms with Crippen molar-refractivity contribution in [1.82, 2.24) is 0 Å².